The highest BCUT2D eigenvalue weighted by molar-refractivity contribution is 7.88. The molecule has 2 fully saturated rings. The van der Waals surface area contributed by atoms with Gasteiger partial charge in [0.1, 0.15) is 0 Å². The van der Waals surface area contributed by atoms with Crippen molar-refractivity contribution in [2.24, 2.45) is 0 Å². The quantitative estimate of drug-likeness (QED) is 0.877. The van der Waals surface area contributed by atoms with Gasteiger partial charge in [-0.15, -0.1) is 0 Å². The molecule has 21 heavy (non-hydrogen) atoms. The summed E-state index contributed by atoms with van der Waals surface area (Å²) in [5.41, 5.74) is 2.07. The highest BCUT2D eigenvalue weighted by Gasteiger charge is 2.24. The Balaban J connectivity index is 1.63. The van der Waals surface area contributed by atoms with Crippen LogP contribution in [0.5, 0.6) is 0 Å². The van der Waals surface area contributed by atoms with E-state index in [2.05, 4.69) is 11.4 Å². The molecule has 0 aromatic heterocycles. The lowest BCUT2D eigenvalue weighted by molar-refractivity contribution is 0.346. The first-order valence-corrected chi connectivity index (χ1v) is 9.53. The van der Waals surface area contributed by atoms with Gasteiger partial charge in [-0.2, -0.15) is 0 Å². The zero-order valence-electron chi connectivity index (χ0n) is 12.4. The summed E-state index contributed by atoms with van der Waals surface area (Å²) in [6.45, 7) is 2.21. The molecule has 1 saturated heterocycles. The Hall–Kier alpha value is -0.910. The van der Waals surface area contributed by atoms with Crippen molar-refractivity contribution in [1.82, 2.24) is 9.62 Å². The second-order valence-corrected chi connectivity index (χ2v) is 8.16. The molecule has 0 bridgehead atoms. The number of sulfonamides is 1. The van der Waals surface area contributed by atoms with Gasteiger partial charge in [-0.1, -0.05) is 30.7 Å². The second kappa shape index (κ2) is 6.46. The van der Waals surface area contributed by atoms with Crippen molar-refractivity contribution in [2.75, 3.05) is 13.1 Å². The summed E-state index contributed by atoms with van der Waals surface area (Å²) in [6, 6.07) is 8.64. The lowest BCUT2D eigenvalue weighted by Gasteiger charge is -2.25. The zero-order valence-corrected chi connectivity index (χ0v) is 13.2. The molecule has 1 aliphatic carbocycles. The van der Waals surface area contributed by atoms with Gasteiger partial charge in [0.15, 0.2) is 0 Å². The standard InChI is InChI=1S/C16H24N2O2S/c19-21(20,18-9-2-1-3-10-18)13-15-6-4-5-14(11-15)12-17-16-7-8-16/h4-6,11,16-17H,1-3,7-10,12-13H2. The van der Waals surface area contributed by atoms with Crippen LogP contribution in [0.4, 0.5) is 0 Å². The second-order valence-electron chi connectivity index (χ2n) is 6.19. The average molecular weight is 308 g/mol. The highest BCUT2D eigenvalue weighted by atomic mass is 32.2. The van der Waals surface area contributed by atoms with Crippen molar-refractivity contribution in [3.63, 3.8) is 0 Å². The topological polar surface area (TPSA) is 49.4 Å². The molecule has 0 atom stereocenters. The first-order valence-electron chi connectivity index (χ1n) is 7.92. The molecule has 1 saturated carbocycles. The summed E-state index contributed by atoms with van der Waals surface area (Å²) in [7, 11) is -3.16. The number of benzene rings is 1. The number of hydrogen-bond donors (Lipinski definition) is 1. The van der Waals surface area contributed by atoms with E-state index in [1.807, 2.05) is 18.2 Å². The van der Waals surface area contributed by atoms with Crippen LogP contribution in [0.1, 0.15) is 43.2 Å². The predicted octanol–water partition coefficient (Wildman–Crippen LogP) is 2.25. The summed E-state index contributed by atoms with van der Waals surface area (Å²) in [6.07, 6.45) is 5.66. The van der Waals surface area contributed by atoms with Gasteiger partial charge in [0.2, 0.25) is 10.0 Å². The molecular weight excluding hydrogens is 284 g/mol. The van der Waals surface area contributed by atoms with Crippen LogP contribution >= 0.6 is 0 Å². The first kappa shape index (κ1) is 15.0. The van der Waals surface area contributed by atoms with Crippen molar-refractivity contribution in [1.29, 1.82) is 0 Å². The number of nitrogens with one attached hydrogen (secondary N) is 1. The van der Waals surface area contributed by atoms with E-state index >= 15 is 0 Å². The molecule has 0 amide bonds. The molecule has 1 aliphatic heterocycles. The first-order chi connectivity index (χ1) is 10.1. The molecule has 1 aromatic rings. The van der Waals surface area contributed by atoms with Crippen LogP contribution in [0.25, 0.3) is 0 Å². The number of hydrogen-bond acceptors (Lipinski definition) is 3. The van der Waals surface area contributed by atoms with Crippen LogP contribution in [0, 0.1) is 0 Å². The third-order valence-electron chi connectivity index (χ3n) is 4.22. The van der Waals surface area contributed by atoms with Gasteiger partial charge in [-0.3, -0.25) is 0 Å². The maximum Gasteiger partial charge on any atom is 0.218 e. The van der Waals surface area contributed by atoms with E-state index in [1.165, 1.54) is 18.4 Å². The highest BCUT2D eigenvalue weighted by Crippen LogP contribution is 2.20. The average Bonchev–Trinajstić information content (AvgIpc) is 3.30. The van der Waals surface area contributed by atoms with E-state index in [1.54, 1.807) is 4.31 Å². The minimum Gasteiger partial charge on any atom is -0.310 e. The van der Waals surface area contributed by atoms with Crippen molar-refractivity contribution in [3.8, 4) is 0 Å². The Morgan fingerprint density at radius 1 is 1.10 bits per heavy atom. The summed E-state index contributed by atoms with van der Waals surface area (Å²) in [5.74, 6) is 0.129. The minimum atomic E-state index is -3.16. The van der Waals surface area contributed by atoms with Crippen LogP contribution in [0.15, 0.2) is 24.3 Å². The van der Waals surface area contributed by atoms with Gasteiger partial charge in [0.25, 0.3) is 0 Å². The summed E-state index contributed by atoms with van der Waals surface area (Å²) >= 11 is 0. The van der Waals surface area contributed by atoms with E-state index in [9.17, 15) is 8.42 Å². The Kier molecular flexibility index (Phi) is 4.62. The Morgan fingerprint density at radius 3 is 2.52 bits per heavy atom. The van der Waals surface area contributed by atoms with Gasteiger partial charge in [-0.25, -0.2) is 12.7 Å². The monoisotopic (exact) mass is 308 g/mol. The maximum atomic E-state index is 12.5. The molecule has 1 aromatic carbocycles. The molecule has 1 heterocycles. The molecular formula is C16H24N2O2S. The smallest absolute Gasteiger partial charge is 0.218 e. The van der Waals surface area contributed by atoms with Crippen molar-refractivity contribution in [3.05, 3.63) is 35.4 Å². The zero-order chi connectivity index (χ0) is 14.7. The maximum absolute atomic E-state index is 12.5. The molecule has 0 radical (unpaired) electrons. The number of rotatable bonds is 6. The molecule has 0 spiro atoms. The molecule has 0 unspecified atom stereocenters. The molecule has 116 valence electrons. The van der Waals surface area contributed by atoms with Crippen molar-refractivity contribution < 1.29 is 8.42 Å². The van der Waals surface area contributed by atoms with Gasteiger partial charge < -0.3 is 5.32 Å². The van der Waals surface area contributed by atoms with Crippen molar-refractivity contribution >= 4 is 10.0 Å². The van der Waals surface area contributed by atoms with E-state index in [0.717, 1.165) is 31.4 Å². The number of piperidine rings is 1. The van der Waals surface area contributed by atoms with Gasteiger partial charge in [0.05, 0.1) is 5.75 Å². The van der Waals surface area contributed by atoms with Gasteiger partial charge in [-0.05, 0) is 36.8 Å². The Morgan fingerprint density at radius 2 is 1.81 bits per heavy atom. The van der Waals surface area contributed by atoms with Gasteiger partial charge >= 0.3 is 0 Å². The normalized spacial score (nSPS) is 20.6. The van der Waals surface area contributed by atoms with Crippen LogP contribution < -0.4 is 5.32 Å². The molecule has 2 aliphatic rings. The van der Waals surface area contributed by atoms with E-state index in [4.69, 9.17) is 0 Å². The summed E-state index contributed by atoms with van der Waals surface area (Å²) in [5, 5.41) is 3.47. The largest absolute Gasteiger partial charge is 0.310 e. The molecule has 1 N–H and O–H groups in total. The van der Waals surface area contributed by atoms with Gasteiger partial charge in [0, 0.05) is 25.7 Å². The number of nitrogens with zero attached hydrogens (tertiary/aromatic N) is 1. The fourth-order valence-electron chi connectivity index (χ4n) is 2.82. The summed E-state index contributed by atoms with van der Waals surface area (Å²) in [4.78, 5) is 0. The third kappa shape index (κ3) is 4.28. The SMILES string of the molecule is O=S(=O)(Cc1cccc(CNC2CC2)c1)N1CCCCC1. The lowest BCUT2D eigenvalue weighted by Crippen LogP contribution is -2.36. The third-order valence-corrected chi connectivity index (χ3v) is 6.07. The van der Waals surface area contributed by atoms with Crippen molar-refractivity contribution in [2.45, 2.75) is 50.4 Å². The minimum absolute atomic E-state index is 0.129. The predicted molar refractivity (Wildman–Crippen MR) is 84.4 cm³/mol. The van der Waals surface area contributed by atoms with E-state index < -0.39 is 10.0 Å². The van der Waals surface area contributed by atoms with E-state index in [-0.39, 0.29) is 5.75 Å². The molecule has 3 rings (SSSR count). The Labute approximate surface area is 127 Å². The fourth-order valence-corrected chi connectivity index (χ4v) is 4.42. The Bertz CT molecular complexity index is 576. The van der Waals surface area contributed by atoms with E-state index in [0.29, 0.717) is 19.1 Å². The van der Waals surface area contributed by atoms with Crippen LogP contribution in [0.3, 0.4) is 0 Å². The van der Waals surface area contributed by atoms with Crippen LogP contribution in [-0.4, -0.2) is 31.9 Å². The van der Waals surface area contributed by atoms with Crippen LogP contribution in [-0.2, 0) is 22.3 Å². The van der Waals surface area contributed by atoms with Crippen LogP contribution in [0.2, 0.25) is 0 Å². The molecule has 4 nitrogen and oxygen atoms in total. The lowest BCUT2D eigenvalue weighted by atomic mass is 10.1. The fraction of sp³-hybridized carbons (Fsp3) is 0.625. The molecule has 5 heteroatoms. The summed E-state index contributed by atoms with van der Waals surface area (Å²) < 4.78 is 26.6.